The average molecular weight is 259 g/mol. The van der Waals surface area contributed by atoms with Crippen LogP contribution in [0.3, 0.4) is 0 Å². The summed E-state index contributed by atoms with van der Waals surface area (Å²) in [5.41, 5.74) is -0.837. The number of halogens is 4. The normalized spacial score (nSPS) is 10.7. The molecule has 2 rings (SSSR count). The van der Waals surface area contributed by atoms with Crippen LogP contribution in [0.4, 0.5) is 23.2 Å². The summed E-state index contributed by atoms with van der Waals surface area (Å²) in [5.74, 6) is -5.34. The lowest BCUT2D eigenvalue weighted by molar-refractivity contribution is 0.458. The van der Waals surface area contributed by atoms with Gasteiger partial charge in [-0.2, -0.15) is 0 Å². The number of rotatable bonds is 3. The molecule has 1 heterocycles. The number of imidazole rings is 1. The largest absolute Gasteiger partial charge is 0.373 e. The first-order chi connectivity index (χ1) is 8.50. The monoisotopic (exact) mass is 259 g/mol. The average Bonchev–Trinajstić information content (AvgIpc) is 2.73. The van der Waals surface area contributed by atoms with E-state index >= 15 is 0 Å². The summed E-state index contributed by atoms with van der Waals surface area (Å²) >= 11 is 0. The maximum absolute atomic E-state index is 13.3. The van der Waals surface area contributed by atoms with E-state index in [2.05, 4.69) is 10.3 Å². The Kier molecular flexibility index (Phi) is 3.22. The van der Waals surface area contributed by atoms with Crippen LogP contribution in [-0.4, -0.2) is 9.55 Å². The van der Waals surface area contributed by atoms with E-state index in [0.29, 0.717) is 5.82 Å². The summed E-state index contributed by atoms with van der Waals surface area (Å²) in [6.07, 6.45) is 3.13. The third-order valence-corrected chi connectivity index (χ3v) is 2.46. The van der Waals surface area contributed by atoms with Gasteiger partial charge in [-0.15, -0.1) is 0 Å². The van der Waals surface area contributed by atoms with Crippen LogP contribution in [0.15, 0.2) is 18.5 Å². The quantitative estimate of drug-likeness (QED) is 0.678. The van der Waals surface area contributed by atoms with E-state index in [-0.39, 0.29) is 12.6 Å². The SMILES string of the molecule is Cn1ccnc1CNc1c(F)c(F)cc(F)c1F. The number of nitrogens with zero attached hydrogens (tertiary/aromatic N) is 2. The van der Waals surface area contributed by atoms with Crippen molar-refractivity contribution in [2.75, 3.05) is 5.32 Å². The Morgan fingerprint density at radius 3 is 2.28 bits per heavy atom. The third kappa shape index (κ3) is 2.15. The molecule has 1 N–H and O–H groups in total. The molecule has 1 aromatic carbocycles. The van der Waals surface area contributed by atoms with Crippen molar-refractivity contribution in [1.29, 1.82) is 0 Å². The topological polar surface area (TPSA) is 29.9 Å². The van der Waals surface area contributed by atoms with Crippen LogP contribution in [0.1, 0.15) is 5.82 Å². The van der Waals surface area contributed by atoms with Gasteiger partial charge in [-0.3, -0.25) is 0 Å². The Hall–Kier alpha value is -2.05. The van der Waals surface area contributed by atoms with E-state index < -0.39 is 29.0 Å². The predicted molar refractivity (Wildman–Crippen MR) is 56.8 cm³/mol. The number of hydrogen-bond donors (Lipinski definition) is 1. The van der Waals surface area contributed by atoms with Gasteiger partial charge in [0, 0.05) is 25.5 Å². The Balaban J connectivity index is 2.27. The maximum atomic E-state index is 13.3. The van der Waals surface area contributed by atoms with Gasteiger partial charge in [0.1, 0.15) is 11.5 Å². The lowest BCUT2D eigenvalue weighted by atomic mass is 10.2. The molecule has 7 heteroatoms. The number of hydrogen-bond acceptors (Lipinski definition) is 2. The lowest BCUT2D eigenvalue weighted by Crippen LogP contribution is -2.10. The number of nitrogens with one attached hydrogen (secondary N) is 1. The van der Waals surface area contributed by atoms with Gasteiger partial charge in [0.05, 0.1) is 6.54 Å². The first-order valence-electron chi connectivity index (χ1n) is 5.03. The first kappa shape index (κ1) is 12.4. The van der Waals surface area contributed by atoms with Crippen molar-refractivity contribution in [3.63, 3.8) is 0 Å². The molecule has 96 valence electrons. The molecule has 18 heavy (non-hydrogen) atoms. The van der Waals surface area contributed by atoms with Crippen molar-refractivity contribution in [3.05, 3.63) is 47.6 Å². The maximum Gasteiger partial charge on any atom is 0.185 e. The van der Waals surface area contributed by atoms with E-state index in [4.69, 9.17) is 0 Å². The zero-order valence-electron chi connectivity index (χ0n) is 9.35. The van der Waals surface area contributed by atoms with E-state index in [9.17, 15) is 17.6 Å². The number of aryl methyl sites for hydroxylation is 1. The first-order valence-corrected chi connectivity index (χ1v) is 5.03. The van der Waals surface area contributed by atoms with E-state index in [0.717, 1.165) is 0 Å². The van der Waals surface area contributed by atoms with Crippen molar-refractivity contribution in [1.82, 2.24) is 9.55 Å². The van der Waals surface area contributed by atoms with Gasteiger partial charge in [0.2, 0.25) is 0 Å². The number of aromatic nitrogens is 2. The molecule has 0 aliphatic rings. The van der Waals surface area contributed by atoms with E-state index in [1.54, 1.807) is 17.8 Å². The van der Waals surface area contributed by atoms with Gasteiger partial charge in [-0.1, -0.05) is 0 Å². The Labute approximate surface area is 100 Å². The molecule has 0 unspecified atom stereocenters. The highest BCUT2D eigenvalue weighted by molar-refractivity contribution is 5.47. The van der Waals surface area contributed by atoms with Gasteiger partial charge >= 0.3 is 0 Å². The van der Waals surface area contributed by atoms with Gasteiger partial charge in [0.15, 0.2) is 23.3 Å². The summed E-state index contributed by atoms with van der Waals surface area (Å²) in [7, 11) is 1.68. The predicted octanol–water partition coefficient (Wildman–Crippen LogP) is 2.59. The van der Waals surface area contributed by atoms with Gasteiger partial charge in [0.25, 0.3) is 0 Å². The van der Waals surface area contributed by atoms with Gasteiger partial charge < -0.3 is 9.88 Å². The zero-order valence-corrected chi connectivity index (χ0v) is 9.35. The summed E-state index contributed by atoms with van der Waals surface area (Å²) in [5, 5.41) is 2.29. The Bertz CT molecular complexity index is 554. The molecule has 0 spiro atoms. The highest BCUT2D eigenvalue weighted by atomic mass is 19.2. The summed E-state index contributed by atoms with van der Waals surface area (Å²) in [4.78, 5) is 3.90. The van der Waals surface area contributed by atoms with Crippen molar-refractivity contribution in [3.8, 4) is 0 Å². The highest BCUT2D eigenvalue weighted by Gasteiger charge is 2.19. The minimum Gasteiger partial charge on any atom is -0.373 e. The van der Waals surface area contributed by atoms with Crippen LogP contribution < -0.4 is 5.32 Å². The molecule has 0 atom stereocenters. The molecule has 1 aromatic heterocycles. The number of anilines is 1. The Morgan fingerprint density at radius 2 is 1.78 bits per heavy atom. The fourth-order valence-electron chi connectivity index (χ4n) is 1.46. The van der Waals surface area contributed by atoms with Crippen molar-refractivity contribution in [2.45, 2.75) is 6.54 Å². The summed E-state index contributed by atoms with van der Waals surface area (Å²) in [6.45, 7) is -0.0553. The highest BCUT2D eigenvalue weighted by Crippen LogP contribution is 2.24. The van der Waals surface area contributed by atoms with Crippen LogP contribution in [0.2, 0.25) is 0 Å². The van der Waals surface area contributed by atoms with Crippen LogP contribution in [0.25, 0.3) is 0 Å². The molecule has 3 nitrogen and oxygen atoms in total. The van der Waals surface area contributed by atoms with Crippen molar-refractivity contribution in [2.24, 2.45) is 7.05 Å². The van der Waals surface area contributed by atoms with Crippen LogP contribution in [0.5, 0.6) is 0 Å². The minimum atomic E-state index is -1.46. The van der Waals surface area contributed by atoms with Crippen LogP contribution in [0, 0.1) is 23.3 Å². The second-order valence-electron chi connectivity index (χ2n) is 3.65. The molecule has 0 aliphatic carbocycles. The molecular formula is C11H9F4N3. The standard InChI is InChI=1S/C11H9F4N3/c1-18-3-2-16-8(18)5-17-11-9(14)6(12)4-7(13)10(11)15/h2-4,17H,5H2,1H3. The van der Waals surface area contributed by atoms with Crippen molar-refractivity contribution >= 4 is 5.69 Å². The van der Waals surface area contributed by atoms with Crippen LogP contribution >= 0.6 is 0 Å². The lowest BCUT2D eigenvalue weighted by Gasteiger charge is -2.09. The molecule has 2 aromatic rings. The van der Waals surface area contributed by atoms with Gasteiger partial charge in [-0.05, 0) is 0 Å². The molecule has 0 saturated carbocycles. The molecule has 0 aliphatic heterocycles. The Morgan fingerprint density at radius 1 is 1.17 bits per heavy atom. The van der Waals surface area contributed by atoms with Gasteiger partial charge in [-0.25, -0.2) is 22.5 Å². The molecule has 0 saturated heterocycles. The smallest absolute Gasteiger partial charge is 0.185 e. The molecular weight excluding hydrogens is 250 g/mol. The molecule has 0 amide bonds. The minimum absolute atomic E-state index is 0.0553. The fraction of sp³-hybridized carbons (Fsp3) is 0.182. The molecule has 0 radical (unpaired) electrons. The summed E-state index contributed by atoms with van der Waals surface area (Å²) < 4.78 is 54.1. The second-order valence-corrected chi connectivity index (χ2v) is 3.65. The third-order valence-electron chi connectivity index (χ3n) is 2.46. The number of benzene rings is 1. The fourth-order valence-corrected chi connectivity index (χ4v) is 1.46. The van der Waals surface area contributed by atoms with Crippen LogP contribution in [-0.2, 0) is 13.6 Å². The van der Waals surface area contributed by atoms with E-state index in [1.165, 1.54) is 6.20 Å². The van der Waals surface area contributed by atoms with Crippen molar-refractivity contribution < 1.29 is 17.6 Å². The second kappa shape index (κ2) is 4.67. The summed E-state index contributed by atoms with van der Waals surface area (Å²) in [6, 6.07) is 0.163. The molecule has 0 bridgehead atoms. The molecule has 0 fully saturated rings. The van der Waals surface area contributed by atoms with E-state index in [1.807, 2.05) is 0 Å². The zero-order chi connectivity index (χ0) is 13.3.